The van der Waals surface area contributed by atoms with Gasteiger partial charge in [-0.2, -0.15) is 0 Å². The van der Waals surface area contributed by atoms with Crippen LogP contribution < -0.4 is 50.3 Å². The molecule has 146 heavy (non-hydrogen) atoms. The molecule has 0 saturated heterocycles. The first kappa shape index (κ1) is 93.9. The second kappa shape index (κ2) is 41.8. The summed E-state index contributed by atoms with van der Waals surface area (Å²) in [6.07, 6.45) is 12.4. The molecule has 0 unspecified atom stereocenters. The van der Waals surface area contributed by atoms with Crippen LogP contribution in [0.5, 0.6) is 57.5 Å². The number of Topliss-reactive ketones (excluding diaryl/α,β-unsaturated/α-hetero) is 1. The molecule has 0 bridgehead atoms. The molecule has 0 aliphatic heterocycles. The van der Waals surface area contributed by atoms with Crippen molar-refractivity contribution >= 4 is 183 Å². The highest BCUT2D eigenvalue weighted by Gasteiger charge is 2.29. The largest absolute Gasteiger partial charge is 0.462 e. The van der Waals surface area contributed by atoms with E-state index in [1.54, 1.807) is 66.8 Å². The summed E-state index contributed by atoms with van der Waals surface area (Å²) >= 11 is 3.35. The highest BCUT2D eigenvalue weighted by Crippen LogP contribution is 2.47. The maximum atomic E-state index is 12.6. The van der Waals surface area contributed by atoms with E-state index in [2.05, 4.69) is 229 Å². The predicted octanol–water partition coefficient (Wildman–Crippen LogP) is 33.0. The lowest BCUT2D eigenvalue weighted by atomic mass is 10.0. The van der Waals surface area contributed by atoms with Crippen molar-refractivity contribution in [1.29, 1.82) is 0 Å². The van der Waals surface area contributed by atoms with Crippen LogP contribution >= 0.6 is 22.7 Å². The molecule has 9 aromatic heterocycles. The Morgan fingerprint density at radius 2 is 0.548 bits per heavy atom. The summed E-state index contributed by atoms with van der Waals surface area (Å²) < 4.78 is 44.0. The summed E-state index contributed by atoms with van der Waals surface area (Å²) in [5, 5.41) is 30.5. The van der Waals surface area contributed by atoms with Crippen molar-refractivity contribution < 1.29 is 37.3 Å². The van der Waals surface area contributed by atoms with Gasteiger partial charge in [-0.05, 0) is 354 Å². The monoisotopic (exact) mass is 1950 g/mol. The van der Waals surface area contributed by atoms with Crippen LogP contribution in [0, 0.1) is 69.2 Å². The van der Waals surface area contributed by atoms with Crippen molar-refractivity contribution in [3.8, 4) is 57.5 Å². The number of nitrogens with one attached hydrogen (secondary N) is 5. The standard InChI is InChI=1S/C25H21N3O2.2C24H19N3O2.2C24H19N3OS/c1-15-12-19-21(13-16(15)2)26-14-27-25(19)28-20-9-11-23(24-18(20)8-10-22(24)29)30-17-6-4-3-5-7-17;1-15-12-19-21(13-16(15)2)25-14-26-24(19)27-20-8-9-22(18-10-11-28-23(18)20)29-17-6-4-3-5-7-17;1-15-12-19-21(13-16(15)2)25-14-26-24(19)27-20-8-9-22(23-18(20)10-11-28-23)29-17-6-4-3-5-7-17;1-15-12-19-21(13-16(15)2)25-14-26-24(19)27-20-8-9-22(18-10-11-29-23(18)20)28-17-6-4-3-5-7-17;1-15-12-19-21(13-16(15)2)25-14-26-24(19)27-20-8-9-22(23-18(20)10-11-29-23)28-17-6-4-3-5-7-17/h3-7,9,11-14H,8,10H2,1-2H3,(H,26,27,28);4*3-14H,1-2H3,(H,25,26,27). The molecule has 5 N–H and O–H groups in total. The first-order valence-corrected chi connectivity index (χ1v) is 49.4. The van der Waals surface area contributed by atoms with Gasteiger partial charge in [0, 0.05) is 60.9 Å². The zero-order chi connectivity index (χ0) is 99.8. The van der Waals surface area contributed by atoms with E-state index >= 15 is 0 Å². The molecule has 716 valence electrons. The lowest BCUT2D eigenvalue weighted by molar-refractivity contribution is 0.0992. The first-order chi connectivity index (χ1) is 71.3. The Kier molecular flexibility index (Phi) is 26.9. The van der Waals surface area contributed by atoms with Crippen LogP contribution in [0.15, 0.2) is 361 Å². The number of ether oxygens (including phenoxy) is 5. The Morgan fingerprint density at radius 3 is 0.979 bits per heavy atom. The van der Waals surface area contributed by atoms with Gasteiger partial charge in [-0.15, -0.1) is 22.7 Å². The molecule has 0 spiro atoms. The summed E-state index contributed by atoms with van der Waals surface area (Å²) in [7, 11) is 0. The van der Waals surface area contributed by atoms with E-state index in [1.165, 1.54) is 55.6 Å². The van der Waals surface area contributed by atoms with Crippen molar-refractivity contribution in [3.05, 3.63) is 419 Å². The average molecular weight is 1950 g/mol. The zero-order valence-electron chi connectivity index (χ0n) is 81.5. The lowest BCUT2D eigenvalue weighted by Crippen LogP contribution is -2.02. The molecule has 1 aliphatic rings. The molecule has 9 heterocycles. The fraction of sp³-hybridized carbons (Fsp3) is 0.0992. The second-order valence-electron chi connectivity index (χ2n) is 35.6. The molecular formula is C121H97N15O8S2. The molecule has 0 radical (unpaired) electrons. The molecule has 24 aromatic rings. The highest BCUT2D eigenvalue weighted by molar-refractivity contribution is 7.18. The Labute approximate surface area is 849 Å². The average Bonchev–Trinajstić information content (AvgIpc) is 1.32. The van der Waals surface area contributed by atoms with E-state index in [9.17, 15) is 4.79 Å². The van der Waals surface area contributed by atoms with Gasteiger partial charge in [-0.1, -0.05) is 91.0 Å². The highest BCUT2D eigenvalue weighted by atomic mass is 32.1. The van der Waals surface area contributed by atoms with Crippen molar-refractivity contribution in [2.45, 2.75) is 82.1 Å². The molecular weight excluding hydrogens is 1860 g/mol. The number of thiophene rings is 2. The number of carbonyl (C=O) groups is 1. The summed E-state index contributed by atoms with van der Waals surface area (Å²) in [6, 6.07) is 97.4. The number of fused-ring (bicyclic) bond motifs is 10. The van der Waals surface area contributed by atoms with Crippen LogP contribution in [0.2, 0.25) is 0 Å². The smallest absolute Gasteiger partial charge is 0.178 e. The first-order valence-electron chi connectivity index (χ1n) is 47.6. The number of ketones is 1. The lowest BCUT2D eigenvalue weighted by Gasteiger charge is -2.15. The molecule has 1 aliphatic carbocycles. The molecule has 0 amide bonds. The van der Waals surface area contributed by atoms with Gasteiger partial charge in [-0.3, -0.25) is 4.79 Å². The third-order valence-corrected chi connectivity index (χ3v) is 27.7. The SMILES string of the molecule is Cc1cc2ncnc(Nc3ccc(Oc4ccccc4)c4c3CCC4=O)c2cc1C.Cc1cc2ncnc(Nc3ccc(Oc4ccccc4)c4ccoc34)c2cc1C.Cc1cc2ncnc(Nc3ccc(Oc4ccccc4)c4ccsc34)c2cc1C.Cc1cc2ncnc(Nc3ccc(Oc4ccccc4)c4occc34)c2cc1C.Cc1cc2ncnc(Nc3ccc(Oc4ccccc4)c4sccc34)c2cc1C. The molecule has 25 heteroatoms. The minimum Gasteiger partial charge on any atom is -0.462 e. The van der Waals surface area contributed by atoms with Gasteiger partial charge in [0.05, 0.1) is 77.5 Å². The molecule has 15 aromatic carbocycles. The van der Waals surface area contributed by atoms with Gasteiger partial charge in [-0.25, -0.2) is 49.8 Å². The van der Waals surface area contributed by atoms with E-state index in [0.29, 0.717) is 46.8 Å². The van der Waals surface area contributed by atoms with Crippen LogP contribution in [-0.4, -0.2) is 55.6 Å². The van der Waals surface area contributed by atoms with Gasteiger partial charge >= 0.3 is 0 Å². The van der Waals surface area contributed by atoms with Crippen molar-refractivity contribution in [1.82, 2.24) is 49.8 Å². The van der Waals surface area contributed by atoms with Crippen LogP contribution in [0.4, 0.5) is 57.5 Å². The minimum atomic E-state index is 0.110. The number of benzene rings is 15. The summed E-state index contributed by atoms with van der Waals surface area (Å²) in [6.45, 7) is 20.9. The zero-order valence-corrected chi connectivity index (χ0v) is 83.1. The van der Waals surface area contributed by atoms with Gasteiger partial charge in [0.1, 0.15) is 112 Å². The van der Waals surface area contributed by atoms with Crippen molar-refractivity contribution in [2.75, 3.05) is 26.6 Å². The van der Waals surface area contributed by atoms with Gasteiger partial charge in [0.2, 0.25) is 0 Å². The van der Waals surface area contributed by atoms with E-state index in [1.807, 2.05) is 224 Å². The summed E-state index contributed by atoms with van der Waals surface area (Å²) in [4.78, 5) is 57.1. The van der Waals surface area contributed by atoms with E-state index in [-0.39, 0.29) is 5.78 Å². The fourth-order valence-corrected chi connectivity index (χ4v) is 19.2. The number of furan rings is 2. The van der Waals surface area contributed by atoms with Crippen molar-refractivity contribution in [2.24, 2.45) is 0 Å². The molecule has 25 rings (SSSR count). The number of anilines is 10. The molecule has 0 fully saturated rings. The van der Waals surface area contributed by atoms with E-state index in [0.717, 1.165) is 189 Å². The number of rotatable bonds is 20. The Balaban J connectivity index is 0.000000107. The second-order valence-corrected chi connectivity index (χ2v) is 37.4. The third-order valence-electron chi connectivity index (χ3n) is 25.8. The quantitative estimate of drug-likeness (QED) is 0.0474. The topological polar surface area (TPSA) is 279 Å². The number of para-hydroxylation sites is 5. The van der Waals surface area contributed by atoms with Crippen LogP contribution in [0.3, 0.4) is 0 Å². The minimum absolute atomic E-state index is 0.110. The Bertz CT molecular complexity index is 8170. The number of aromatic nitrogens is 10. The maximum absolute atomic E-state index is 12.6. The third kappa shape index (κ3) is 20.4. The fourth-order valence-electron chi connectivity index (χ4n) is 17.4. The number of carbonyl (C=O) groups excluding carboxylic acids is 1. The number of aryl methyl sites for hydroxylation is 10. The summed E-state index contributed by atoms with van der Waals surface area (Å²) in [5.41, 5.74) is 24.4. The van der Waals surface area contributed by atoms with Crippen molar-refractivity contribution in [3.63, 3.8) is 0 Å². The van der Waals surface area contributed by atoms with Gasteiger partial charge in [0.15, 0.2) is 22.7 Å². The Morgan fingerprint density at radius 1 is 0.247 bits per heavy atom. The number of nitrogens with zero attached hydrogens (tertiary/aromatic N) is 10. The van der Waals surface area contributed by atoms with Crippen LogP contribution in [-0.2, 0) is 6.42 Å². The molecule has 23 nitrogen and oxygen atoms in total. The number of hydrogen-bond donors (Lipinski definition) is 5. The van der Waals surface area contributed by atoms with E-state index < -0.39 is 0 Å². The number of hydrogen-bond acceptors (Lipinski definition) is 25. The predicted molar refractivity (Wildman–Crippen MR) is 589 cm³/mol. The Hall–Kier alpha value is -18.3. The van der Waals surface area contributed by atoms with Gasteiger partial charge in [0.25, 0.3) is 0 Å². The maximum Gasteiger partial charge on any atom is 0.178 e. The van der Waals surface area contributed by atoms with Crippen LogP contribution in [0.1, 0.15) is 78.0 Å². The summed E-state index contributed by atoms with van der Waals surface area (Å²) in [5.74, 6) is 11.6. The molecule has 0 saturated carbocycles. The normalized spacial score (nSPS) is 11.5. The van der Waals surface area contributed by atoms with Crippen LogP contribution in [0.25, 0.3) is 96.6 Å². The molecule has 0 atom stereocenters. The van der Waals surface area contributed by atoms with E-state index in [4.69, 9.17) is 32.5 Å². The van der Waals surface area contributed by atoms with Gasteiger partial charge < -0.3 is 59.1 Å².